The molecule has 2 unspecified atom stereocenters. The Kier molecular flexibility index (Phi) is 8.73. The van der Waals surface area contributed by atoms with Crippen molar-refractivity contribution in [2.75, 3.05) is 19.8 Å². The number of carbonyl (C=O) groups excluding carboxylic acids is 2. The minimum Gasteiger partial charge on any atom is -0.481 e. The zero-order valence-electron chi connectivity index (χ0n) is 12.1. The van der Waals surface area contributed by atoms with Gasteiger partial charge in [-0.1, -0.05) is 25.3 Å². The van der Waals surface area contributed by atoms with E-state index in [9.17, 15) is 19.5 Å². The average molecular weight is 316 g/mol. The van der Waals surface area contributed by atoms with Crippen molar-refractivity contribution in [1.82, 2.24) is 0 Å². The molecule has 0 saturated carbocycles. The van der Waals surface area contributed by atoms with Crippen molar-refractivity contribution in [3.05, 3.63) is 25.3 Å². The van der Waals surface area contributed by atoms with Gasteiger partial charge in [0.25, 0.3) is 0 Å². The third-order valence-corrected chi connectivity index (χ3v) is 2.73. The largest absolute Gasteiger partial charge is 0.481 e. The van der Waals surface area contributed by atoms with Crippen LogP contribution in [0.1, 0.15) is 12.8 Å². The van der Waals surface area contributed by atoms with Gasteiger partial charge in [-0.15, -0.1) is 0 Å². The Morgan fingerprint density at radius 1 is 1.14 bits per heavy atom. The quantitative estimate of drug-likeness (QED) is 0.348. The van der Waals surface area contributed by atoms with Gasteiger partial charge in [0.15, 0.2) is 5.60 Å². The summed E-state index contributed by atoms with van der Waals surface area (Å²) in [6.07, 6.45) is 1.04. The molecule has 0 aliphatic carbocycles. The molecule has 0 aromatic carbocycles. The van der Waals surface area contributed by atoms with Gasteiger partial charge in [-0.25, -0.2) is 4.79 Å². The van der Waals surface area contributed by atoms with Gasteiger partial charge in [-0.2, -0.15) is 0 Å². The Hall–Kier alpha value is -2.19. The Morgan fingerprint density at radius 3 is 2.14 bits per heavy atom. The lowest BCUT2D eigenvalue weighted by Crippen LogP contribution is -2.52. The van der Waals surface area contributed by atoms with Crippen LogP contribution in [-0.2, 0) is 23.9 Å². The van der Waals surface area contributed by atoms with E-state index in [4.69, 9.17) is 14.9 Å². The van der Waals surface area contributed by atoms with Gasteiger partial charge >= 0.3 is 17.9 Å². The highest BCUT2D eigenvalue weighted by molar-refractivity contribution is 5.91. The summed E-state index contributed by atoms with van der Waals surface area (Å²) >= 11 is 0. The van der Waals surface area contributed by atoms with E-state index in [0.717, 1.165) is 0 Å². The second kappa shape index (κ2) is 9.69. The highest BCUT2D eigenvalue weighted by Crippen LogP contribution is 2.28. The number of ether oxygens (including phenoxy) is 2. The van der Waals surface area contributed by atoms with Crippen molar-refractivity contribution in [2.24, 2.45) is 5.92 Å². The maximum absolute atomic E-state index is 12.0. The number of rotatable bonds is 11. The van der Waals surface area contributed by atoms with Crippen LogP contribution in [0.5, 0.6) is 0 Å². The maximum Gasteiger partial charge on any atom is 0.339 e. The number of carbonyl (C=O) groups is 3. The van der Waals surface area contributed by atoms with Crippen LogP contribution in [0.3, 0.4) is 0 Å². The zero-order chi connectivity index (χ0) is 17.2. The standard InChI is InChI=1S/C14H20O8/c1-3-7-21-12(18)10(5-6-15)14(20,9-11(16)17)13(19)22-8-4-2/h3-4,10,15,20H,1-2,5-9H2,(H,16,17). The fourth-order valence-electron chi connectivity index (χ4n) is 1.75. The summed E-state index contributed by atoms with van der Waals surface area (Å²) in [6.45, 7) is 5.63. The lowest BCUT2D eigenvalue weighted by atomic mass is 9.82. The molecule has 0 spiro atoms. The van der Waals surface area contributed by atoms with E-state index < -0.39 is 42.5 Å². The summed E-state index contributed by atoms with van der Waals surface area (Å²) in [6, 6.07) is 0. The minimum absolute atomic E-state index is 0.189. The number of hydrogen-bond donors (Lipinski definition) is 3. The first kappa shape index (κ1) is 19.8. The Balaban J connectivity index is 5.48. The molecule has 0 aliphatic rings. The van der Waals surface area contributed by atoms with Crippen LogP contribution in [-0.4, -0.2) is 58.6 Å². The Labute approximate surface area is 127 Å². The summed E-state index contributed by atoms with van der Waals surface area (Å²) in [4.78, 5) is 34.8. The first-order valence-electron chi connectivity index (χ1n) is 6.44. The van der Waals surface area contributed by atoms with Gasteiger partial charge in [-0.05, 0) is 6.42 Å². The Bertz CT molecular complexity index is 431. The minimum atomic E-state index is -2.66. The molecule has 3 N–H and O–H groups in total. The molecule has 0 saturated heterocycles. The normalized spacial score (nSPS) is 14.3. The molecule has 2 atom stereocenters. The van der Waals surface area contributed by atoms with Crippen molar-refractivity contribution in [1.29, 1.82) is 0 Å². The average Bonchev–Trinajstić information content (AvgIpc) is 2.46. The second-order valence-corrected chi connectivity index (χ2v) is 4.37. The van der Waals surface area contributed by atoms with Crippen molar-refractivity contribution in [2.45, 2.75) is 18.4 Å². The van der Waals surface area contributed by atoms with Crippen LogP contribution < -0.4 is 0 Å². The number of hydrogen-bond acceptors (Lipinski definition) is 7. The molecule has 0 aliphatic heterocycles. The van der Waals surface area contributed by atoms with E-state index in [1.165, 1.54) is 12.2 Å². The number of carboxylic acids is 1. The molecule has 0 radical (unpaired) electrons. The number of carboxylic acid groups (broad SMARTS) is 1. The molecule has 0 fully saturated rings. The lowest BCUT2D eigenvalue weighted by molar-refractivity contribution is -0.185. The van der Waals surface area contributed by atoms with Crippen molar-refractivity contribution in [3.63, 3.8) is 0 Å². The monoisotopic (exact) mass is 316 g/mol. The summed E-state index contributed by atoms with van der Waals surface area (Å²) in [5.41, 5.74) is -2.66. The molecule has 124 valence electrons. The number of aliphatic hydroxyl groups is 2. The fourth-order valence-corrected chi connectivity index (χ4v) is 1.75. The first-order chi connectivity index (χ1) is 10.3. The molecule has 0 bridgehead atoms. The molecule has 8 nitrogen and oxygen atoms in total. The number of aliphatic carboxylic acids is 1. The van der Waals surface area contributed by atoms with E-state index in [-0.39, 0.29) is 19.6 Å². The van der Waals surface area contributed by atoms with Gasteiger partial charge in [0.05, 0.1) is 12.3 Å². The molecule has 0 heterocycles. The van der Waals surface area contributed by atoms with Crippen LogP contribution in [0.15, 0.2) is 25.3 Å². The van der Waals surface area contributed by atoms with E-state index in [2.05, 4.69) is 17.9 Å². The van der Waals surface area contributed by atoms with Crippen molar-refractivity contribution in [3.8, 4) is 0 Å². The van der Waals surface area contributed by atoms with Gasteiger partial charge in [0.1, 0.15) is 13.2 Å². The second-order valence-electron chi connectivity index (χ2n) is 4.37. The third-order valence-electron chi connectivity index (χ3n) is 2.73. The first-order valence-corrected chi connectivity index (χ1v) is 6.44. The van der Waals surface area contributed by atoms with Crippen molar-refractivity contribution >= 4 is 17.9 Å². The number of aliphatic hydroxyl groups excluding tert-OH is 1. The zero-order valence-corrected chi connectivity index (χ0v) is 12.1. The molecule has 22 heavy (non-hydrogen) atoms. The maximum atomic E-state index is 12.0. The van der Waals surface area contributed by atoms with Crippen LogP contribution in [0.2, 0.25) is 0 Å². The molecule has 0 rings (SSSR count). The van der Waals surface area contributed by atoms with E-state index >= 15 is 0 Å². The van der Waals surface area contributed by atoms with E-state index in [0.29, 0.717) is 0 Å². The van der Waals surface area contributed by atoms with Crippen LogP contribution in [0.4, 0.5) is 0 Å². The van der Waals surface area contributed by atoms with Gasteiger partial charge in [0, 0.05) is 6.61 Å². The molecule has 8 heteroatoms. The predicted molar refractivity (Wildman–Crippen MR) is 74.7 cm³/mol. The highest BCUT2D eigenvalue weighted by atomic mass is 16.6. The summed E-state index contributed by atoms with van der Waals surface area (Å²) < 4.78 is 9.40. The molecule has 0 amide bonds. The number of esters is 2. The van der Waals surface area contributed by atoms with Gasteiger partial charge in [-0.3, -0.25) is 9.59 Å². The van der Waals surface area contributed by atoms with Gasteiger partial charge < -0.3 is 24.8 Å². The smallest absolute Gasteiger partial charge is 0.339 e. The van der Waals surface area contributed by atoms with Crippen LogP contribution in [0, 0.1) is 5.92 Å². The summed E-state index contributed by atoms with van der Waals surface area (Å²) in [5.74, 6) is -5.44. The molecule has 0 aromatic heterocycles. The molecule has 0 aromatic rings. The molecular formula is C14H20O8. The topological polar surface area (TPSA) is 130 Å². The summed E-state index contributed by atoms with van der Waals surface area (Å²) in [5, 5.41) is 28.3. The lowest BCUT2D eigenvalue weighted by Gasteiger charge is -2.30. The third kappa shape index (κ3) is 5.66. The summed E-state index contributed by atoms with van der Waals surface area (Å²) in [7, 11) is 0. The van der Waals surface area contributed by atoms with E-state index in [1.807, 2.05) is 0 Å². The fraction of sp³-hybridized carbons (Fsp3) is 0.500. The highest BCUT2D eigenvalue weighted by Gasteiger charge is 2.51. The molecular weight excluding hydrogens is 296 g/mol. The predicted octanol–water partition coefficient (Wildman–Crippen LogP) is -0.351. The van der Waals surface area contributed by atoms with E-state index in [1.54, 1.807) is 0 Å². The van der Waals surface area contributed by atoms with Crippen LogP contribution in [0.25, 0.3) is 0 Å². The van der Waals surface area contributed by atoms with Crippen LogP contribution >= 0.6 is 0 Å². The SMILES string of the molecule is C=CCOC(=O)C(CCO)C(O)(CC(=O)O)C(=O)OCC=C. The van der Waals surface area contributed by atoms with Crippen molar-refractivity contribution < 1.29 is 39.2 Å². The van der Waals surface area contributed by atoms with Gasteiger partial charge in [0.2, 0.25) is 0 Å². The Morgan fingerprint density at radius 2 is 1.68 bits per heavy atom.